The number of Topliss-reactive ketones (excluding diaryl/α,β-unsaturated/α-hetero) is 1. The Labute approximate surface area is 98.3 Å². The molecule has 66 valence electrons. The first-order chi connectivity index (χ1) is 5.57. The molecule has 1 heterocycles. The predicted octanol–water partition coefficient (Wildman–Crippen LogP) is -3.13. The van der Waals surface area contributed by atoms with Crippen molar-refractivity contribution in [3.63, 3.8) is 0 Å². The maximum atomic E-state index is 10.9. The Bertz CT molecular complexity index is 238. The van der Waals surface area contributed by atoms with Crippen molar-refractivity contribution in [2.45, 2.75) is 20.0 Å². The molecule has 1 aliphatic heterocycles. The van der Waals surface area contributed by atoms with Gasteiger partial charge in [-0.2, -0.15) is 6.29 Å². The molecule has 1 saturated heterocycles. The van der Waals surface area contributed by atoms with Crippen LogP contribution in [0.1, 0.15) is 13.8 Å². The van der Waals surface area contributed by atoms with Gasteiger partial charge in [-0.1, -0.05) is 6.92 Å². The van der Waals surface area contributed by atoms with Gasteiger partial charge in [0.15, 0.2) is 0 Å². The van der Waals surface area contributed by atoms with Crippen molar-refractivity contribution in [3.8, 4) is 0 Å². The van der Waals surface area contributed by atoms with E-state index in [1.165, 1.54) is 6.29 Å². The molecule has 0 aromatic rings. The van der Waals surface area contributed by atoms with Gasteiger partial charge in [0.25, 0.3) is 0 Å². The summed E-state index contributed by atoms with van der Waals surface area (Å²) >= 11 is 0. The molecule has 5 heteroatoms. The largest absolute Gasteiger partial charge is 1.00 e. The van der Waals surface area contributed by atoms with Gasteiger partial charge in [0.1, 0.15) is 6.10 Å². The normalized spacial score (nSPS) is 31.8. The van der Waals surface area contributed by atoms with Crippen molar-refractivity contribution < 1.29 is 48.7 Å². The Balaban J connectivity index is 0.00000144. The van der Waals surface area contributed by atoms with Crippen LogP contribution in [0.2, 0.25) is 0 Å². The van der Waals surface area contributed by atoms with E-state index in [0.717, 1.165) is 0 Å². The number of cyclic esters (lactones) is 1. The monoisotopic (exact) mass is 192 g/mol. The molecular weight excluding hydrogens is 183 g/mol. The number of carbonyl (C=O) groups is 2. The van der Waals surface area contributed by atoms with Gasteiger partial charge in [0.2, 0.25) is 0 Å². The third-order valence-electron chi connectivity index (χ3n) is 2.12. The van der Waals surface area contributed by atoms with Gasteiger partial charge in [0.05, 0.1) is 5.92 Å². The minimum atomic E-state index is -0.680. The Morgan fingerprint density at radius 3 is 2.31 bits per heavy atom. The van der Waals surface area contributed by atoms with Crippen LogP contribution in [0.5, 0.6) is 0 Å². The quantitative estimate of drug-likeness (QED) is 0.201. The van der Waals surface area contributed by atoms with Gasteiger partial charge in [-0.15, -0.1) is 0 Å². The fraction of sp³-hybridized carbons (Fsp3) is 0.625. The SMILES string of the molecule is CC1C(=O)O[C@@H](C)C1C(=O)[C-]=O.[Na+]. The van der Waals surface area contributed by atoms with E-state index in [1.807, 2.05) is 0 Å². The van der Waals surface area contributed by atoms with E-state index >= 15 is 0 Å². The van der Waals surface area contributed by atoms with Crippen LogP contribution in [0.3, 0.4) is 0 Å². The van der Waals surface area contributed by atoms with Crippen LogP contribution in [0.25, 0.3) is 0 Å². The fourth-order valence-corrected chi connectivity index (χ4v) is 1.43. The van der Waals surface area contributed by atoms with Gasteiger partial charge < -0.3 is 14.3 Å². The van der Waals surface area contributed by atoms with Gasteiger partial charge in [-0.05, 0) is 6.92 Å². The number of ketones is 1. The van der Waals surface area contributed by atoms with E-state index in [-0.39, 0.29) is 29.6 Å². The maximum Gasteiger partial charge on any atom is 1.00 e. The molecule has 0 aromatic carbocycles. The minimum Gasteiger partial charge on any atom is -0.534 e. The van der Waals surface area contributed by atoms with Crippen LogP contribution in [0.15, 0.2) is 0 Å². The van der Waals surface area contributed by atoms with E-state index < -0.39 is 29.7 Å². The van der Waals surface area contributed by atoms with Crippen molar-refractivity contribution in [1.82, 2.24) is 0 Å². The molecule has 0 bridgehead atoms. The number of ether oxygens (including phenoxy) is 1. The summed E-state index contributed by atoms with van der Waals surface area (Å²) in [6, 6.07) is 0. The summed E-state index contributed by atoms with van der Waals surface area (Å²) in [4.78, 5) is 31.9. The number of rotatable bonds is 2. The molecule has 0 aromatic heterocycles. The van der Waals surface area contributed by atoms with E-state index in [1.54, 1.807) is 13.8 Å². The number of esters is 1. The molecule has 3 atom stereocenters. The summed E-state index contributed by atoms with van der Waals surface area (Å²) in [6.07, 6.45) is 0.768. The first kappa shape index (κ1) is 12.8. The molecule has 1 rings (SSSR count). The van der Waals surface area contributed by atoms with E-state index in [0.29, 0.717) is 0 Å². The molecule has 4 nitrogen and oxygen atoms in total. The van der Waals surface area contributed by atoms with Crippen LogP contribution >= 0.6 is 0 Å². The summed E-state index contributed by atoms with van der Waals surface area (Å²) in [5, 5.41) is 0. The first-order valence-corrected chi connectivity index (χ1v) is 3.70. The molecule has 13 heavy (non-hydrogen) atoms. The Kier molecular flexibility index (Phi) is 4.81. The first-order valence-electron chi connectivity index (χ1n) is 3.70. The predicted molar refractivity (Wildman–Crippen MR) is 38.9 cm³/mol. The zero-order valence-electron chi connectivity index (χ0n) is 7.87. The molecule has 0 saturated carbocycles. The molecule has 0 amide bonds. The fourth-order valence-electron chi connectivity index (χ4n) is 1.43. The molecule has 1 aliphatic rings. The molecule has 0 N–H and O–H groups in total. The van der Waals surface area contributed by atoms with Crippen LogP contribution < -0.4 is 29.6 Å². The second-order valence-corrected chi connectivity index (χ2v) is 2.92. The number of hydrogen-bond donors (Lipinski definition) is 0. The third kappa shape index (κ3) is 2.39. The summed E-state index contributed by atoms with van der Waals surface area (Å²) in [7, 11) is 0. The Morgan fingerprint density at radius 2 is 2.00 bits per heavy atom. The van der Waals surface area contributed by atoms with Crippen LogP contribution in [-0.4, -0.2) is 24.1 Å². The zero-order valence-corrected chi connectivity index (χ0v) is 9.87. The minimum absolute atomic E-state index is 0. The van der Waals surface area contributed by atoms with Crippen molar-refractivity contribution in [3.05, 3.63) is 0 Å². The summed E-state index contributed by atoms with van der Waals surface area (Å²) < 4.78 is 4.77. The van der Waals surface area contributed by atoms with E-state index in [4.69, 9.17) is 4.74 Å². The van der Waals surface area contributed by atoms with Gasteiger partial charge in [0, 0.05) is 11.7 Å². The molecule has 0 aliphatic carbocycles. The molecule has 0 radical (unpaired) electrons. The van der Waals surface area contributed by atoms with Crippen molar-refractivity contribution >= 4 is 18.0 Å². The Hall–Kier alpha value is -0.190. The average Bonchev–Trinajstić information content (AvgIpc) is 2.26. The summed E-state index contributed by atoms with van der Waals surface area (Å²) in [5.41, 5.74) is 0. The topological polar surface area (TPSA) is 60.4 Å². The second-order valence-electron chi connectivity index (χ2n) is 2.92. The van der Waals surface area contributed by atoms with Crippen LogP contribution in [-0.2, 0) is 19.1 Å². The number of hydrogen-bond acceptors (Lipinski definition) is 4. The standard InChI is InChI=1S/C8H9O4.Na/c1-4-7(6(10)3-9)5(2)12-8(4)11;/h4-5,7H,1-2H3;/q-1;+1/t4?,5-,7?;/m0./s1. The van der Waals surface area contributed by atoms with Crippen molar-refractivity contribution in [2.24, 2.45) is 11.8 Å². The Morgan fingerprint density at radius 1 is 1.46 bits per heavy atom. The zero-order chi connectivity index (χ0) is 9.30. The van der Waals surface area contributed by atoms with E-state index in [9.17, 15) is 14.4 Å². The van der Waals surface area contributed by atoms with Crippen molar-refractivity contribution in [2.75, 3.05) is 0 Å². The van der Waals surface area contributed by atoms with Crippen LogP contribution in [0, 0.1) is 11.8 Å². The molecule has 2 unspecified atom stereocenters. The molecular formula is C8H9NaO4. The van der Waals surface area contributed by atoms with Gasteiger partial charge in [-0.3, -0.25) is 4.79 Å². The molecule has 1 fully saturated rings. The smallest absolute Gasteiger partial charge is 0.534 e. The van der Waals surface area contributed by atoms with Gasteiger partial charge in [-0.25, -0.2) is 0 Å². The third-order valence-corrected chi connectivity index (χ3v) is 2.12. The van der Waals surface area contributed by atoms with Gasteiger partial charge >= 0.3 is 35.5 Å². The summed E-state index contributed by atoms with van der Waals surface area (Å²) in [6.45, 7) is 3.17. The maximum absolute atomic E-state index is 10.9. The van der Waals surface area contributed by atoms with Crippen LogP contribution in [0.4, 0.5) is 0 Å². The van der Waals surface area contributed by atoms with Crippen molar-refractivity contribution in [1.29, 1.82) is 0 Å². The van der Waals surface area contributed by atoms with E-state index in [2.05, 4.69) is 0 Å². The summed E-state index contributed by atoms with van der Waals surface area (Å²) in [5.74, 6) is -2.26. The molecule has 0 spiro atoms. The average molecular weight is 192 g/mol. The number of carbonyl (C=O) groups excluding carboxylic acids is 3. The second kappa shape index (κ2) is 4.88.